The van der Waals surface area contributed by atoms with Gasteiger partial charge in [0, 0.05) is 22.4 Å². The van der Waals surface area contributed by atoms with Crippen LogP contribution in [-0.4, -0.2) is 16.9 Å². The number of anilines is 2. The topological polar surface area (TPSA) is 54.0 Å². The molecule has 2 aromatic rings. The smallest absolute Gasteiger partial charge is 0.270 e. The highest BCUT2D eigenvalue weighted by Crippen LogP contribution is 2.25. The van der Waals surface area contributed by atoms with Crippen molar-refractivity contribution in [3.63, 3.8) is 0 Å². The Labute approximate surface area is 126 Å². The van der Waals surface area contributed by atoms with Gasteiger partial charge in [-0.15, -0.1) is 0 Å². The average molecular weight is 334 g/mol. The molecule has 0 spiro atoms. The van der Waals surface area contributed by atoms with Gasteiger partial charge in [-0.1, -0.05) is 12.1 Å². The van der Waals surface area contributed by atoms with Crippen molar-refractivity contribution in [2.45, 2.75) is 19.9 Å². The Morgan fingerprint density at radius 3 is 2.70 bits per heavy atom. The predicted octanol–water partition coefficient (Wildman–Crippen LogP) is 3.73. The number of amides is 1. The van der Waals surface area contributed by atoms with Gasteiger partial charge in [0.15, 0.2) is 0 Å². The molecule has 4 nitrogen and oxygen atoms in total. The molecule has 2 N–H and O–H groups in total. The first-order valence-corrected chi connectivity index (χ1v) is 7.14. The fourth-order valence-electron chi connectivity index (χ4n) is 1.69. The molecule has 0 atom stereocenters. The summed E-state index contributed by atoms with van der Waals surface area (Å²) in [7, 11) is 0. The second-order valence-corrected chi connectivity index (χ2v) is 5.52. The van der Waals surface area contributed by atoms with E-state index in [1.807, 2.05) is 44.2 Å². The highest BCUT2D eigenvalue weighted by Gasteiger charge is 2.09. The second kappa shape index (κ2) is 6.52. The lowest BCUT2D eigenvalue weighted by Crippen LogP contribution is -2.30. The first kappa shape index (κ1) is 14.5. The highest BCUT2D eigenvalue weighted by molar-refractivity contribution is 9.10. The molecule has 0 saturated carbocycles. The molecule has 0 fully saturated rings. The number of carbonyl (C=O) groups excluding carboxylic acids is 1. The number of nitrogens with zero attached hydrogens (tertiary/aromatic N) is 1. The van der Waals surface area contributed by atoms with E-state index in [2.05, 4.69) is 31.5 Å². The van der Waals surface area contributed by atoms with Crippen LogP contribution in [0.5, 0.6) is 0 Å². The van der Waals surface area contributed by atoms with E-state index in [9.17, 15) is 4.79 Å². The number of benzene rings is 1. The molecule has 0 aliphatic carbocycles. The monoisotopic (exact) mass is 333 g/mol. The van der Waals surface area contributed by atoms with Gasteiger partial charge in [-0.2, -0.15) is 0 Å². The summed E-state index contributed by atoms with van der Waals surface area (Å²) in [6.07, 6.45) is 1.62. The summed E-state index contributed by atoms with van der Waals surface area (Å²) >= 11 is 3.48. The summed E-state index contributed by atoms with van der Waals surface area (Å²) in [6.45, 7) is 3.84. The Balaban J connectivity index is 2.18. The maximum atomic E-state index is 11.9. The van der Waals surface area contributed by atoms with Crippen LogP contribution in [-0.2, 0) is 0 Å². The molecule has 1 heterocycles. The van der Waals surface area contributed by atoms with Crippen molar-refractivity contribution in [3.05, 3.63) is 52.8 Å². The molecule has 1 aromatic heterocycles. The van der Waals surface area contributed by atoms with Crippen molar-refractivity contribution in [1.29, 1.82) is 0 Å². The number of carbonyl (C=O) groups is 1. The van der Waals surface area contributed by atoms with E-state index in [1.54, 1.807) is 12.3 Å². The number of nitrogens with one attached hydrogen (secondary N) is 2. The molecule has 1 amide bonds. The zero-order chi connectivity index (χ0) is 14.5. The van der Waals surface area contributed by atoms with Gasteiger partial charge in [-0.3, -0.25) is 9.78 Å². The maximum Gasteiger partial charge on any atom is 0.270 e. The predicted molar refractivity (Wildman–Crippen MR) is 84.3 cm³/mol. The fourth-order valence-corrected chi connectivity index (χ4v) is 2.07. The Hall–Kier alpha value is -1.88. The third-order valence-electron chi connectivity index (χ3n) is 2.57. The molecule has 0 bridgehead atoms. The Morgan fingerprint density at radius 1 is 1.25 bits per heavy atom. The van der Waals surface area contributed by atoms with E-state index in [-0.39, 0.29) is 11.9 Å². The second-order valence-electron chi connectivity index (χ2n) is 4.66. The number of aromatic nitrogens is 1. The van der Waals surface area contributed by atoms with Crippen LogP contribution >= 0.6 is 15.9 Å². The largest absolute Gasteiger partial charge is 0.354 e. The average Bonchev–Trinajstić information content (AvgIpc) is 2.41. The number of para-hydroxylation sites is 1. The number of halogens is 1. The molecule has 0 unspecified atom stereocenters. The summed E-state index contributed by atoms with van der Waals surface area (Å²) < 4.78 is 0.963. The summed E-state index contributed by atoms with van der Waals surface area (Å²) in [5, 5.41) is 6.08. The summed E-state index contributed by atoms with van der Waals surface area (Å²) in [4.78, 5) is 16.0. The van der Waals surface area contributed by atoms with Crippen molar-refractivity contribution >= 4 is 33.2 Å². The van der Waals surface area contributed by atoms with Crippen LogP contribution in [0.2, 0.25) is 0 Å². The number of hydrogen-bond donors (Lipinski definition) is 2. The summed E-state index contributed by atoms with van der Waals surface area (Å²) in [6, 6.07) is 11.4. The van der Waals surface area contributed by atoms with Crippen LogP contribution in [0.25, 0.3) is 0 Å². The van der Waals surface area contributed by atoms with E-state index in [1.165, 1.54) is 0 Å². The van der Waals surface area contributed by atoms with Crippen molar-refractivity contribution in [2.24, 2.45) is 0 Å². The van der Waals surface area contributed by atoms with E-state index >= 15 is 0 Å². The minimum atomic E-state index is -0.171. The SMILES string of the molecule is CC(C)NC(=O)c1cc(Nc2ccccc2Br)ccn1. The van der Waals surface area contributed by atoms with Crippen molar-refractivity contribution in [2.75, 3.05) is 5.32 Å². The quantitative estimate of drug-likeness (QED) is 0.896. The molecular weight excluding hydrogens is 318 g/mol. The third-order valence-corrected chi connectivity index (χ3v) is 3.26. The minimum absolute atomic E-state index is 0.0872. The van der Waals surface area contributed by atoms with Crippen molar-refractivity contribution < 1.29 is 4.79 Å². The van der Waals surface area contributed by atoms with Crippen LogP contribution in [0.4, 0.5) is 11.4 Å². The molecule has 1 aromatic carbocycles. The lowest BCUT2D eigenvalue weighted by molar-refractivity contribution is 0.0938. The van der Waals surface area contributed by atoms with E-state index in [0.717, 1.165) is 15.8 Å². The van der Waals surface area contributed by atoms with Crippen LogP contribution in [0.3, 0.4) is 0 Å². The van der Waals surface area contributed by atoms with Crippen LogP contribution < -0.4 is 10.6 Å². The molecule has 5 heteroatoms. The normalized spacial score (nSPS) is 10.4. The van der Waals surface area contributed by atoms with Gasteiger partial charge < -0.3 is 10.6 Å². The van der Waals surface area contributed by atoms with Crippen LogP contribution in [0.1, 0.15) is 24.3 Å². The Bertz CT molecular complexity index is 614. The maximum absolute atomic E-state index is 11.9. The van der Waals surface area contributed by atoms with Gasteiger partial charge in [0.25, 0.3) is 5.91 Å². The summed E-state index contributed by atoms with van der Waals surface area (Å²) in [5.74, 6) is -0.171. The zero-order valence-electron chi connectivity index (χ0n) is 11.4. The minimum Gasteiger partial charge on any atom is -0.354 e. The first-order chi connectivity index (χ1) is 9.56. The molecule has 0 saturated heterocycles. The van der Waals surface area contributed by atoms with E-state index in [4.69, 9.17) is 0 Å². The Morgan fingerprint density at radius 2 is 2.00 bits per heavy atom. The summed E-state index contributed by atoms with van der Waals surface area (Å²) in [5.41, 5.74) is 2.16. The highest BCUT2D eigenvalue weighted by atomic mass is 79.9. The molecule has 104 valence electrons. The van der Waals surface area contributed by atoms with E-state index in [0.29, 0.717) is 5.69 Å². The van der Waals surface area contributed by atoms with Gasteiger partial charge in [0.1, 0.15) is 5.69 Å². The molecule has 2 rings (SSSR count). The number of pyridine rings is 1. The van der Waals surface area contributed by atoms with Crippen molar-refractivity contribution in [1.82, 2.24) is 10.3 Å². The van der Waals surface area contributed by atoms with Crippen LogP contribution in [0.15, 0.2) is 47.1 Å². The molecule has 20 heavy (non-hydrogen) atoms. The van der Waals surface area contributed by atoms with Gasteiger partial charge in [-0.05, 0) is 54.0 Å². The zero-order valence-corrected chi connectivity index (χ0v) is 12.9. The lowest BCUT2D eigenvalue weighted by atomic mass is 10.2. The molecule has 0 aliphatic rings. The van der Waals surface area contributed by atoms with Crippen molar-refractivity contribution in [3.8, 4) is 0 Å². The lowest BCUT2D eigenvalue weighted by Gasteiger charge is -2.11. The molecule has 0 aliphatic heterocycles. The first-order valence-electron chi connectivity index (χ1n) is 6.34. The van der Waals surface area contributed by atoms with Gasteiger partial charge in [-0.25, -0.2) is 0 Å². The van der Waals surface area contributed by atoms with Gasteiger partial charge in [0.2, 0.25) is 0 Å². The fraction of sp³-hybridized carbons (Fsp3) is 0.200. The van der Waals surface area contributed by atoms with Gasteiger partial charge in [0.05, 0.1) is 5.69 Å². The standard InChI is InChI=1S/C15H16BrN3O/c1-10(2)18-15(20)14-9-11(7-8-17-14)19-13-6-4-3-5-12(13)16/h3-10H,1-2H3,(H,17,19)(H,18,20). The number of rotatable bonds is 4. The van der Waals surface area contributed by atoms with E-state index < -0.39 is 0 Å². The van der Waals surface area contributed by atoms with Gasteiger partial charge >= 0.3 is 0 Å². The number of hydrogen-bond acceptors (Lipinski definition) is 3. The third kappa shape index (κ3) is 3.81. The Kier molecular flexibility index (Phi) is 4.74. The van der Waals surface area contributed by atoms with Crippen LogP contribution in [0, 0.1) is 0 Å². The molecular formula is C15H16BrN3O. The molecule has 0 radical (unpaired) electrons.